The second-order valence-corrected chi connectivity index (χ2v) is 5.54. The molecule has 1 heteroatoms. The Balaban J connectivity index is 2.09. The van der Waals surface area contributed by atoms with Crippen LogP contribution in [0.3, 0.4) is 0 Å². The SMILES string of the molecule is CCCCCCCC[C@@H](Br)c1ccccc1. The van der Waals surface area contributed by atoms with Gasteiger partial charge < -0.3 is 0 Å². The smallest absolute Gasteiger partial charge is 0.0395 e. The molecular weight excluding hydrogens is 260 g/mol. The van der Waals surface area contributed by atoms with Crippen LogP contribution in [0.1, 0.15) is 62.3 Å². The van der Waals surface area contributed by atoms with Crippen LogP contribution in [0.4, 0.5) is 0 Å². The van der Waals surface area contributed by atoms with Crippen LogP contribution in [0, 0.1) is 0 Å². The number of unbranched alkanes of at least 4 members (excludes halogenated alkanes) is 5. The molecule has 0 amide bonds. The molecular formula is C15H23Br. The van der Waals surface area contributed by atoms with Gasteiger partial charge in [-0.25, -0.2) is 0 Å². The van der Waals surface area contributed by atoms with Crippen LogP contribution in [-0.4, -0.2) is 0 Å². The van der Waals surface area contributed by atoms with Crippen LogP contribution in [-0.2, 0) is 0 Å². The number of alkyl halides is 1. The topological polar surface area (TPSA) is 0 Å². The maximum absolute atomic E-state index is 3.77. The second-order valence-electron chi connectivity index (χ2n) is 4.43. The molecule has 0 saturated heterocycles. The Kier molecular flexibility index (Phi) is 7.58. The fraction of sp³-hybridized carbons (Fsp3) is 0.600. The molecule has 1 atom stereocenters. The molecule has 0 fully saturated rings. The van der Waals surface area contributed by atoms with E-state index in [-0.39, 0.29) is 0 Å². The number of rotatable bonds is 8. The van der Waals surface area contributed by atoms with Gasteiger partial charge in [0.1, 0.15) is 0 Å². The van der Waals surface area contributed by atoms with E-state index >= 15 is 0 Å². The van der Waals surface area contributed by atoms with E-state index in [1.165, 1.54) is 50.5 Å². The van der Waals surface area contributed by atoms with Crippen LogP contribution in [0.5, 0.6) is 0 Å². The molecule has 0 saturated carbocycles. The molecule has 1 aromatic rings. The van der Waals surface area contributed by atoms with E-state index in [0.717, 1.165) is 0 Å². The summed E-state index contributed by atoms with van der Waals surface area (Å²) >= 11 is 3.77. The van der Waals surface area contributed by atoms with Crippen LogP contribution in [0.2, 0.25) is 0 Å². The Hall–Kier alpha value is -0.300. The Morgan fingerprint density at radius 1 is 0.938 bits per heavy atom. The van der Waals surface area contributed by atoms with Crippen molar-refractivity contribution in [1.29, 1.82) is 0 Å². The molecule has 0 bridgehead atoms. The first-order valence-electron chi connectivity index (χ1n) is 6.53. The summed E-state index contributed by atoms with van der Waals surface area (Å²) in [7, 11) is 0. The van der Waals surface area contributed by atoms with Gasteiger partial charge in [-0.15, -0.1) is 0 Å². The third-order valence-corrected chi connectivity index (χ3v) is 3.96. The summed E-state index contributed by atoms with van der Waals surface area (Å²) in [5.41, 5.74) is 1.41. The first-order valence-corrected chi connectivity index (χ1v) is 7.45. The minimum Gasteiger partial charge on any atom is -0.0839 e. The quantitative estimate of drug-likeness (QED) is 0.413. The summed E-state index contributed by atoms with van der Waals surface area (Å²) in [6.07, 6.45) is 9.54. The van der Waals surface area contributed by atoms with E-state index in [4.69, 9.17) is 0 Å². The molecule has 0 radical (unpaired) electrons. The van der Waals surface area contributed by atoms with Crippen LogP contribution < -0.4 is 0 Å². The average molecular weight is 283 g/mol. The lowest BCUT2D eigenvalue weighted by molar-refractivity contribution is 0.588. The second kappa shape index (κ2) is 8.81. The summed E-state index contributed by atoms with van der Waals surface area (Å²) in [4.78, 5) is 0.542. The molecule has 0 aliphatic rings. The summed E-state index contributed by atoms with van der Waals surface area (Å²) in [6, 6.07) is 10.7. The highest BCUT2D eigenvalue weighted by Crippen LogP contribution is 2.28. The molecule has 0 aromatic heterocycles. The van der Waals surface area contributed by atoms with Crippen molar-refractivity contribution in [2.24, 2.45) is 0 Å². The Morgan fingerprint density at radius 2 is 1.56 bits per heavy atom. The highest BCUT2D eigenvalue weighted by Gasteiger charge is 2.05. The lowest BCUT2D eigenvalue weighted by atomic mass is 10.0. The number of hydrogen-bond acceptors (Lipinski definition) is 0. The first-order chi connectivity index (χ1) is 7.84. The Labute approximate surface area is 109 Å². The van der Waals surface area contributed by atoms with Gasteiger partial charge in [0.25, 0.3) is 0 Å². The first kappa shape index (κ1) is 13.8. The lowest BCUT2D eigenvalue weighted by Gasteiger charge is -2.09. The number of halogens is 1. The van der Waals surface area contributed by atoms with Crippen molar-refractivity contribution in [2.75, 3.05) is 0 Å². The minimum absolute atomic E-state index is 0.542. The molecule has 0 spiro atoms. The van der Waals surface area contributed by atoms with Gasteiger partial charge in [-0.2, -0.15) is 0 Å². The number of benzene rings is 1. The maximum atomic E-state index is 3.77. The summed E-state index contributed by atoms with van der Waals surface area (Å²) in [6.45, 7) is 2.27. The summed E-state index contributed by atoms with van der Waals surface area (Å²) in [5.74, 6) is 0. The molecule has 0 nitrogen and oxygen atoms in total. The molecule has 0 aliphatic heterocycles. The standard InChI is InChI=1S/C15H23Br/c1-2-3-4-5-6-10-13-15(16)14-11-8-7-9-12-14/h7-9,11-12,15H,2-6,10,13H2,1H3/t15-/m1/s1. The predicted molar refractivity (Wildman–Crippen MR) is 76.1 cm³/mol. The fourth-order valence-electron chi connectivity index (χ4n) is 1.93. The van der Waals surface area contributed by atoms with Crippen molar-refractivity contribution in [3.05, 3.63) is 35.9 Å². The molecule has 1 rings (SSSR count). The molecule has 1 aromatic carbocycles. The Morgan fingerprint density at radius 3 is 2.25 bits per heavy atom. The highest BCUT2D eigenvalue weighted by atomic mass is 79.9. The molecule has 90 valence electrons. The predicted octanol–water partition coefficient (Wildman–Crippen LogP) is 5.87. The van der Waals surface area contributed by atoms with Crippen molar-refractivity contribution in [2.45, 2.75) is 56.7 Å². The van der Waals surface area contributed by atoms with E-state index in [2.05, 4.69) is 53.2 Å². The van der Waals surface area contributed by atoms with Crippen molar-refractivity contribution in [3.63, 3.8) is 0 Å². The summed E-state index contributed by atoms with van der Waals surface area (Å²) < 4.78 is 0. The van der Waals surface area contributed by atoms with E-state index in [1.807, 2.05) is 0 Å². The van der Waals surface area contributed by atoms with E-state index in [9.17, 15) is 0 Å². The van der Waals surface area contributed by atoms with E-state index < -0.39 is 0 Å². The van der Waals surface area contributed by atoms with E-state index in [1.54, 1.807) is 0 Å². The monoisotopic (exact) mass is 282 g/mol. The van der Waals surface area contributed by atoms with Gasteiger partial charge in [0.15, 0.2) is 0 Å². The maximum Gasteiger partial charge on any atom is 0.0395 e. The van der Waals surface area contributed by atoms with Crippen molar-refractivity contribution < 1.29 is 0 Å². The minimum atomic E-state index is 0.542. The van der Waals surface area contributed by atoms with Crippen molar-refractivity contribution in [3.8, 4) is 0 Å². The number of hydrogen-bond donors (Lipinski definition) is 0. The normalized spacial score (nSPS) is 12.6. The Bertz CT molecular complexity index is 255. The van der Waals surface area contributed by atoms with E-state index in [0.29, 0.717) is 4.83 Å². The van der Waals surface area contributed by atoms with Gasteiger partial charge in [-0.3, -0.25) is 0 Å². The van der Waals surface area contributed by atoms with Crippen LogP contribution >= 0.6 is 15.9 Å². The van der Waals surface area contributed by atoms with Gasteiger partial charge in [-0.05, 0) is 12.0 Å². The van der Waals surface area contributed by atoms with Gasteiger partial charge >= 0.3 is 0 Å². The zero-order valence-electron chi connectivity index (χ0n) is 10.3. The average Bonchev–Trinajstić information content (AvgIpc) is 2.34. The third kappa shape index (κ3) is 5.69. The fourth-order valence-corrected chi connectivity index (χ4v) is 2.56. The molecule has 0 aliphatic carbocycles. The van der Waals surface area contributed by atoms with Crippen LogP contribution in [0.15, 0.2) is 30.3 Å². The summed E-state index contributed by atoms with van der Waals surface area (Å²) in [5, 5.41) is 0. The molecule has 0 heterocycles. The van der Waals surface area contributed by atoms with Gasteiger partial charge in [-0.1, -0.05) is 91.7 Å². The molecule has 16 heavy (non-hydrogen) atoms. The largest absolute Gasteiger partial charge is 0.0839 e. The van der Waals surface area contributed by atoms with Crippen LogP contribution in [0.25, 0.3) is 0 Å². The van der Waals surface area contributed by atoms with Gasteiger partial charge in [0.05, 0.1) is 0 Å². The third-order valence-electron chi connectivity index (χ3n) is 2.97. The van der Waals surface area contributed by atoms with Gasteiger partial charge in [0.2, 0.25) is 0 Å². The molecule has 0 unspecified atom stereocenters. The zero-order chi connectivity index (χ0) is 11.6. The molecule has 0 N–H and O–H groups in total. The van der Waals surface area contributed by atoms with Crippen molar-refractivity contribution in [1.82, 2.24) is 0 Å². The van der Waals surface area contributed by atoms with Gasteiger partial charge in [0, 0.05) is 4.83 Å². The van der Waals surface area contributed by atoms with Crippen molar-refractivity contribution >= 4 is 15.9 Å². The highest BCUT2D eigenvalue weighted by molar-refractivity contribution is 9.09. The lowest BCUT2D eigenvalue weighted by Crippen LogP contribution is -1.89. The zero-order valence-corrected chi connectivity index (χ0v) is 11.9.